The van der Waals surface area contributed by atoms with Gasteiger partial charge in [-0.05, 0) is 53.9 Å². The highest BCUT2D eigenvalue weighted by atomic mass is 16.7. The lowest BCUT2D eigenvalue weighted by molar-refractivity contribution is -0.155. The largest absolute Gasteiger partial charge is 0.463 e. The standard InChI is InChI=1S/C13H24N2O4.C8H16O3.C7H11NO2/c1-6-10(3)15-19-12(17)14-8-9-18-11(16)13(4,5)7-2;1-4-8(2,3)7(10)11-6-5-9;1-4-5(2)7(10)8(3)6(4)9/h6-9H2,1-5H3,(H,14,17);9H,4-6H2,1-3H3;4-5H,1-3H3. The highest BCUT2D eigenvalue weighted by Gasteiger charge is 2.39. The van der Waals surface area contributed by atoms with Crippen LogP contribution in [0.2, 0.25) is 0 Å². The third kappa shape index (κ3) is 14.4. The number of oxime groups is 1. The Morgan fingerprint density at radius 3 is 1.65 bits per heavy atom. The van der Waals surface area contributed by atoms with Gasteiger partial charge in [0.1, 0.15) is 13.2 Å². The summed E-state index contributed by atoms with van der Waals surface area (Å²) in [5, 5.41) is 14.4. The van der Waals surface area contributed by atoms with Crippen molar-refractivity contribution in [2.24, 2.45) is 27.8 Å². The average molecular weight is 574 g/mol. The lowest BCUT2D eigenvalue weighted by Crippen LogP contribution is -2.31. The van der Waals surface area contributed by atoms with E-state index < -0.39 is 16.9 Å². The molecule has 1 aliphatic heterocycles. The van der Waals surface area contributed by atoms with Crippen molar-refractivity contribution >= 4 is 35.6 Å². The molecule has 0 saturated carbocycles. The van der Waals surface area contributed by atoms with E-state index >= 15 is 0 Å². The van der Waals surface area contributed by atoms with Gasteiger partial charge in [0.25, 0.3) is 0 Å². The molecule has 0 aromatic carbocycles. The molecule has 2 N–H and O–H groups in total. The summed E-state index contributed by atoms with van der Waals surface area (Å²) < 4.78 is 9.81. The summed E-state index contributed by atoms with van der Waals surface area (Å²) in [4.78, 5) is 61.8. The van der Waals surface area contributed by atoms with Gasteiger partial charge in [0.05, 0.1) is 29.7 Å². The number of rotatable bonds is 11. The highest BCUT2D eigenvalue weighted by molar-refractivity contribution is 6.04. The van der Waals surface area contributed by atoms with E-state index in [-0.39, 0.29) is 62.0 Å². The maximum Gasteiger partial charge on any atom is 0.433 e. The van der Waals surface area contributed by atoms with Gasteiger partial charge in [-0.3, -0.25) is 28.9 Å². The molecule has 1 rings (SSSR count). The number of amides is 3. The van der Waals surface area contributed by atoms with Gasteiger partial charge in [-0.2, -0.15) is 0 Å². The Morgan fingerprint density at radius 1 is 0.900 bits per heavy atom. The summed E-state index contributed by atoms with van der Waals surface area (Å²) in [6.45, 7) is 18.7. The number of hydrogen-bond acceptors (Lipinski definition) is 10. The minimum atomic E-state index is -0.654. The first-order chi connectivity index (χ1) is 18.4. The second-order valence-corrected chi connectivity index (χ2v) is 10.8. The van der Waals surface area contributed by atoms with Crippen molar-refractivity contribution in [1.29, 1.82) is 0 Å². The maximum atomic E-state index is 11.6. The van der Waals surface area contributed by atoms with E-state index in [1.807, 2.05) is 48.5 Å². The van der Waals surface area contributed by atoms with E-state index in [2.05, 4.69) is 15.3 Å². The zero-order valence-electron chi connectivity index (χ0n) is 26.2. The molecule has 0 aromatic rings. The second kappa shape index (κ2) is 19.1. The van der Waals surface area contributed by atoms with Crippen molar-refractivity contribution in [2.45, 2.75) is 88.5 Å². The molecule has 0 aromatic heterocycles. The SMILES string of the molecule is CC1C(=O)N(C)C(=O)C1C.CCC(C)(C)C(=O)OCCO.CCC(C)=NOC(=O)NCCOC(=O)C(C)(C)CC. The lowest BCUT2D eigenvalue weighted by Gasteiger charge is -2.20. The van der Waals surface area contributed by atoms with Gasteiger partial charge in [0.15, 0.2) is 0 Å². The van der Waals surface area contributed by atoms with Crippen LogP contribution >= 0.6 is 0 Å². The normalized spacial score (nSPS) is 17.2. The number of nitrogens with zero attached hydrogens (tertiary/aromatic N) is 2. The molecule has 0 bridgehead atoms. The molecule has 0 spiro atoms. The second-order valence-electron chi connectivity index (χ2n) is 10.8. The van der Waals surface area contributed by atoms with Crippen LogP contribution in [0.25, 0.3) is 0 Å². The molecule has 12 heteroatoms. The van der Waals surface area contributed by atoms with Gasteiger partial charge in [-0.15, -0.1) is 0 Å². The number of hydrogen-bond donors (Lipinski definition) is 2. The maximum absolute atomic E-state index is 11.6. The fourth-order valence-electron chi connectivity index (χ4n) is 2.48. The van der Waals surface area contributed by atoms with Gasteiger partial charge in [0.2, 0.25) is 11.8 Å². The molecule has 2 unspecified atom stereocenters. The van der Waals surface area contributed by atoms with Crippen LogP contribution in [-0.2, 0) is 33.5 Å². The Bertz CT molecular complexity index is 849. The summed E-state index contributed by atoms with van der Waals surface area (Å²) in [5.74, 6) is -0.885. The third-order valence-electron chi connectivity index (χ3n) is 6.79. The zero-order valence-corrected chi connectivity index (χ0v) is 26.2. The average Bonchev–Trinajstić information content (AvgIpc) is 3.10. The number of esters is 2. The number of aliphatic hydroxyl groups is 1. The number of carbonyl (C=O) groups excluding carboxylic acids is 5. The van der Waals surface area contributed by atoms with E-state index in [9.17, 15) is 24.0 Å². The van der Waals surface area contributed by atoms with E-state index in [1.165, 1.54) is 11.9 Å². The summed E-state index contributed by atoms with van der Waals surface area (Å²) in [7, 11) is 1.53. The fraction of sp³-hybridized carbons (Fsp3) is 0.786. The number of carbonyl (C=O) groups is 5. The van der Waals surface area contributed by atoms with Crippen LogP contribution in [0.5, 0.6) is 0 Å². The Hall–Kier alpha value is -3.02. The van der Waals surface area contributed by atoms with Gasteiger partial charge >= 0.3 is 18.0 Å². The molecular formula is C28H51N3O9. The van der Waals surface area contributed by atoms with Crippen LogP contribution in [0.15, 0.2) is 5.16 Å². The monoisotopic (exact) mass is 573 g/mol. The quantitative estimate of drug-likeness (QED) is 0.0938. The van der Waals surface area contributed by atoms with Crippen LogP contribution in [0.1, 0.15) is 88.5 Å². The third-order valence-corrected chi connectivity index (χ3v) is 6.79. The lowest BCUT2D eigenvalue weighted by atomic mass is 9.91. The molecule has 0 aliphatic carbocycles. The van der Waals surface area contributed by atoms with Crippen molar-refractivity contribution < 1.29 is 43.4 Å². The molecule has 232 valence electrons. The predicted molar refractivity (Wildman–Crippen MR) is 151 cm³/mol. The molecule has 0 radical (unpaired) electrons. The van der Waals surface area contributed by atoms with Gasteiger partial charge in [0, 0.05) is 18.9 Å². The van der Waals surface area contributed by atoms with Crippen molar-refractivity contribution in [3.8, 4) is 0 Å². The first-order valence-electron chi connectivity index (χ1n) is 13.7. The Morgan fingerprint density at radius 2 is 1.32 bits per heavy atom. The van der Waals surface area contributed by atoms with E-state index in [1.54, 1.807) is 20.8 Å². The number of nitrogens with one attached hydrogen (secondary N) is 1. The van der Waals surface area contributed by atoms with Crippen molar-refractivity contribution in [3.63, 3.8) is 0 Å². The summed E-state index contributed by atoms with van der Waals surface area (Å²) in [6.07, 6.45) is 1.51. The van der Waals surface area contributed by atoms with Gasteiger partial charge in [-0.1, -0.05) is 39.8 Å². The molecule has 12 nitrogen and oxygen atoms in total. The van der Waals surface area contributed by atoms with E-state index in [0.717, 1.165) is 18.6 Å². The smallest absolute Gasteiger partial charge is 0.433 e. The van der Waals surface area contributed by atoms with E-state index in [0.29, 0.717) is 6.42 Å². The van der Waals surface area contributed by atoms with Crippen LogP contribution in [0.3, 0.4) is 0 Å². The molecule has 1 fully saturated rings. The van der Waals surface area contributed by atoms with Crippen LogP contribution in [0, 0.1) is 22.7 Å². The summed E-state index contributed by atoms with van der Waals surface area (Å²) >= 11 is 0. The van der Waals surface area contributed by atoms with Gasteiger partial charge in [-0.25, -0.2) is 4.79 Å². The Labute approximate surface area is 239 Å². The predicted octanol–water partition coefficient (Wildman–Crippen LogP) is 3.69. The minimum absolute atomic E-state index is 0.0579. The van der Waals surface area contributed by atoms with Crippen LogP contribution in [0.4, 0.5) is 4.79 Å². The zero-order chi connectivity index (χ0) is 31.7. The molecule has 1 saturated heterocycles. The molecule has 40 heavy (non-hydrogen) atoms. The number of ether oxygens (including phenoxy) is 2. The molecule has 1 aliphatic rings. The molecular weight excluding hydrogens is 522 g/mol. The minimum Gasteiger partial charge on any atom is -0.463 e. The number of likely N-dealkylation sites (tertiary alicyclic amines) is 1. The molecule has 1 heterocycles. The van der Waals surface area contributed by atoms with Crippen molar-refractivity contribution in [3.05, 3.63) is 0 Å². The first-order valence-corrected chi connectivity index (χ1v) is 13.7. The number of aliphatic hydroxyl groups excluding tert-OH is 1. The van der Waals surface area contributed by atoms with Crippen molar-refractivity contribution in [2.75, 3.05) is 33.4 Å². The van der Waals surface area contributed by atoms with Crippen LogP contribution in [-0.4, -0.2) is 79.0 Å². The van der Waals surface area contributed by atoms with Gasteiger partial charge < -0.3 is 19.9 Å². The molecule has 2 atom stereocenters. The van der Waals surface area contributed by atoms with Crippen molar-refractivity contribution in [1.82, 2.24) is 10.2 Å². The Kier molecular flexibility index (Phi) is 18.7. The highest BCUT2D eigenvalue weighted by Crippen LogP contribution is 2.23. The number of imide groups is 1. The topological polar surface area (TPSA) is 161 Å². The van der Waals surface area contributed by atoms with E-state index in [4.69, 9.17) is 14.6 Å². The fourth-order valence-corrected chi connectivity index (χ4v) is 2.48. The summed E-state index contributed by atoms with van der Waals surface area (Å²) in [6, 6.07) is 0. The summed E-state index contributed by atoms with van der Waals surface area (Å²) in [5.41, 5.74) is -0.190. The Balaban J connectivity index is 0. The van der Waals surface area contributed by atoms with Crippen LogP contribution < -0.4 is 5.32 Å². The first kappa shape index (κ1) is 39.1. The molecule has 3 amide bonds.